The first kappa shape index (κ1) is 35.5. The summed E-state index contributed by atoms with van der Waals surface area (Å²) in [4.78, 5) is 15.5. The minimum absolute atomic E-state index is 0.586. The largest absolute Gasteiger partial charge is 0.456 e. The number of rotatable bonds is 7. The Morgan fingerprint density at radius 2 is 0.774 bits per heavy atom. The average molecular weight is 793 g/mol. The molecule has 0 atom stereocenters. The van der Waals surface area contributed by atoms with Crippen molar-refractivity contribution in [3.63, 3.8) is 0 Å². The highest BCUT2D eigenvalue weighted by Gasteiger charge is 2.21. The van der Waals surface area contributed by atoms with Crippen LogP contribution in [0.1, 0.15) is 0 Å². The quantitative estimate of drug-likeness (QED) is 0.161. The summed E-state index contributed by atoms with van der Waals surface area (Å²) >= 11 is 0. The van der Waals surface area contributed by atoms with Crippen LogP contribution in [0, 0.1) is 0 Å². The van der Waals surface area contributed by atoms with E-state index in [-0.39, 0.29) is 0 Å². The molecule has 12 aromatic rings. The molecule has 0 bridgehead atoms. The predicted molar refractivity (Wildman–Crippen MR) is 254 cm³/mol. The summed E-state index contributed by atoms with van der Waals surface area (Å²) in [6, 6.07) is 76.3. The van der Waals surface area contributed by atoms with Crippen molar-refractivity contribution in [2.45, 2.75) is 0 Å². The summed E-state index contributed by atoms with van der Waals surface area (Å²) in [5, 5.41) is 4.39. The van der Waals surface area contributed by atoms with Gasteiger partial charge in [-0.15, -0.1) is 0 Å². The fourth-order valence-corrected chi connectivity index (χ4v) is 8.83. The Morgan fingerprint density at radius 3 is 1.44 bits per heavy atom. The lowest BCUT2D eigenvalue weighted by atomic mass is 10.0. The number of hydrogen-bond acceptors (Lipinski definition) is 4. The van der Waals surface area contributed by atoms with Crippen LogP contribution in [0.4, 0.5) is 0 Å². The van der Waals surface area contributed by atoms with Crippen molar-refractivity contribution in [3.05, 3.63) is 218 Å². The third-order valence-electron chi connectivity index (χ3n) is 11.9. The molecule has 0 aliphatic rings. The van der Waals surface area contributed by atoms with E-state index in [2.05, 4.69) is 205 Å². The molecular weight excluding hydrogens is 757 g/mol. The number of nitrogens with zero attached hydrogens (tertiary/aromatic N) is 4. The number of para-hydroxylation sites is 1. The van der Waals surface area contributed by atoms with Gasteiger partial charge in [0.25, 0.3) is 0 Å². The van der Waals surface area contributed by atoms with Crippen molar-refractivity contribution in [1.29, 1.82) is 0 Å². The van der Waals surface area contributed by atoms with Crippen LogP contribution in [-0.4, -0.2) is 19.5 Å². The maximum atomic E-state index is 6.64. The molecule has 9 aromatic carbocycles. The molecule has 0 spiro atoms. The highest BCUT2D eigenvalue weighted by Crippen LogP contribution is 2.42. The molecular formula is C57H36N4O. The molecule has 62 heavy (non-hydrogen) atoms. The molecule has 0 saturated carbocycles. The second-order valence-corrected chi connectivity index (χ2v) is 15.6. The Hall–Kier alpha value is -8.41. The van der Waals surface area contributed by atoms with E-state index >= 15 is 0 Å². The van der Waals surface area contributed by atoms with Crippen LogP contribution < -0.4 is 0 Å². The average Bonchev–Trinajstić information content (AvgIpc) is 3.90. The van der Waals surface area contributed by atoms with Gasteiger partial charge in [-0.1, -0.05) is 164 Å². The van der Waals surface area contributed by atoms with Gasteiger partial charge in [-0.25, -0.2) is 15.0 Å². The zero-order valence-electron chi connectivity index (χ0n) is 33.5. The number of benzene rings is 9. The lowest BCUT2D eigenvalue weighted by Crippen LogP contribution is -2.00. The summed E-state index contributed by atoms with van der Waals surface area (Å²) in [6.45, 7) is 0. The van der Waals surface area contributed by atoms with E-state index in [1.165, 1.54) is 16.5 Å². The van der Waals surface area contributed by atoms with E-state index in [0.717, 1.165) is 83.0 Å². The maximum absolute atomic E-state index is 6.64. The zero-order chi connectivity index (χ0) is 41.0. The van der Waals surface area contributed by atoms with E-state index < -0.39 is 0 Å². The van der Waals surface area contributed by atoms with Crippen molar-refractivity contribution in [3.8, 4) is 73.2 Å². The molecule has 290 valence electrons. The van der Waals surface area contributed by atoms with Gasteiger partial charge in [0, 0.05) is 38.5 Å². The lowest BCUT2D eigenvalue weighted by Gasteiger charge is -2.11. The summed E-state index contributed by atoms with van der Waals surface area (Å²) in [7, 11) is 0. The fraction of sp³-hybridized carbons (Fsp3) is 0. The van der Waals surface area contributed by atoms with E-state index in [1.807, 2.05) is 18.2 Å². The van der Waals surface area contributed by atoms with Gasteiger partial charge in [-0.05, 0) is 88.0 Å². The predicted octanol–water partition coefficient (Wildman–Crippen LogP) is 14.9. The smallest absolute Gasteiger partial charge is 0.164 e. The third-order valence-corrected chi connectivity index (χ3v) is 11.9. The lowest BCUT2D eigenvalue weighted by molar-refractivity contribution is 0.669. The Labute approximate surface area is 357 Å². The summed E-state index contributed by atoms with van der Waals surface area (Å²) < 4.78 is 9.01. The summed E-state index contributed by atoms with van der Waals surface area (Å²) in [6.07, 6.45) is 0. The van der Waals surface area contributed by atoms with Crippen LogP contribution in [0.15, 0.2) is 223 Å². The fourth-order valence-electron chi connectivity index (χ4n) is 8.83. The van der Waals surface area contributed by atoms with Crippen molar-refractivity contribution in [1.82, 2.24) is 19.5 Å². The molecule has 5 heteroatoms. The molecule has 0 unspecified atom stereocenters. The van der Waals surface area contributed by atoms with Crippen LogP contribution in [0.3, 0.4) is 0 Å². The van der Waals surface area contributed by atoms with E-state index in [4.69, 9.17) is 19.4 Å². The van der Waals surface area contributed by atoms with Crippen LogP contribution in [0.25, 0.3) is 117 Å². The molecule has 0 radical (unpaired) electrons. The number of hydrogen-bond donors (Lipinski definition) is 0. The monoisotopic (exact) mass is 792 g/mol. The molecule has 12 rings (SSSR count). The number of fused-ring (bicyclic) bond motifs is 7. The third kappa shape index (κ3) is 6.14. The molecule has 0 aliphatic heterocycles. The van der Waals surface area contributed by atoms with E-state index in [1.54, 1.807) is 0 Å². The molecule has 5 nitrogen and oxygen atoms in total. The first-order chi connectivity index (χ1) is 30.7. The first-order valence-corrected chi connectivity index (χ1v) is 20.8. The van der Waals surface area contributed by atoms with E-state index in [9.17, 15) is 0 Å². The van der Waals surface area contributed by atoms with Crippen molar-refractivity contribution in [2.24, 2.45) is 0 Å². The highest BCUT2D eigenvalue weighted by molar-refractivity contribution is 6.24. The van der Waals surface area contributed by atoms with Gasteiger partial charge in [0.05, 0.1) is 16.4 Å². The van der Waals surface area contributed by atoms with Gasteiger partial charge in [-0.3, -0.25) is 0 Å². The standard InChI is InChI=1S/C57H36N4O/c1-4-13-37(14-5-1)40-23-25-42(26-24-40)55-58-56(44-20-12-19-43(35-44)39-17-8-3-9-18-39)60-57(59-55)45-29-33-51-49(36-45)53-52(62-51)34-32-48-47-21-10-11-22-50(47)61(54(48)53)46-30-27-41(28-31-46)38-15-6-2-7-16-38/h1-36H. The normalized spacial score (nSPS) is 11.5. The van der Waals surface area contributed by atoms with Gasteiger partial charge >= 0.3 is 0 Å². The Kier molecular flexibility index (Phi) is 8.42. The Morgan fingerprint density at radius 1 is 0.306 bits per heavy atom. The molecule has 0 aliphatic carbocycles. The Balaban J connectivity index is 1.05. The van der Waals surface area contributed by atoms with Crippen molar-refractivity contribution >= 4 is 43.7 Å². The first-order valence-electron chi connectivity index (χ1n) is 20.8. The van der Waals surface area contributed by atoms with Crippen LogP contribution >= 0.6 is 0 Å². The van der Waals surface area contributed by atoms with Crippen LogP contribution in [0.5, 0.6) is 0 Å². The van der Waals surface area contributed by atoms with Gasteiger partial charge < -0.3 is 8.98 Å². The summed E-state index contributed by atoms with van der Waals surface area (Å²) in [5.74, 6) is 1.80. The second kappa shape index (κ2) is 14.7. The molecule has 0 N–H and O–H groups in total. The molecule has 0 saturated heterocycles. The molecule has 3 aromatic heterocycles. The van der Waals surface area contributed by atoms with Gasteiger partial charge in [0.15, 0.2) is 17.5 Å². The molecule has 0 amide bonds. The number of aromatic nitrogens is 4. The highest BCUT2D eigenvalue weighted by atomic mass is 16.3. The maximum Gasteiger partial charge on any atom is 0.164 e. The SMILES string of the molecule is c1ccc(-c2ccc(-c3nc(-c4cccc(-c5ccccc5)c4)nc(-c4ccc5oc6ccc7c8ccccc8n(-c8ccc(-c9ccccc9)cc8)c7c6c5c4)n3)cc2)cc1. The topological polar surface area (TPSA) is 56.7 Å². The van der Waals surface area contributed by atoms with Crippen molar-refractivity contribution in [2.75, 3.05) is 0 Å². The van der Waals surface area contributed by atoms with Gasteiger partial charge in [-0.2, -0.15) is 0 Å². The minimum atomic E-state index is 0.586. The Bertz CT molecular complexity index is 3590. The second-order valence-electron chi connectivity index (χ2n) is 15.6. The minimum Gasteiger partial charge on any atom is -0.456 e. The molecule has 0 fully saturated rings. The number of furan rings is 1. The summed E-state index contributed by atoms with van der Waals surface area (Å²) in [5.41, 5.74) is 14.5. The van der Waals surface area contributed by atoms with E-state index in [0.29, 0.717) is 17.5 Å². The van der Waals surface area contributed by atoms with Gasteiger partial charge in [0.2, 0.25) is 0 Å². The van der Waals surface area contributed by atoms with Crippen LogP contribution in [0.2, 0.25) is 0 Å². The molecule has 3 heterocycles. The zero-order valence-corrected chi connectivity index (χ0v) is 33.5. The van der Waals surface area contributed by atoms with Crippen LogP contribution in [-0.2, 0) is 0 Å². The van der Waals surface area contributed by atoms with Gasteiger partial charge in [0.1, 0.15) is 11.2 Å². The van der Waals surface area contributed by atoms with Crippen molar-refractivity contribution < 1.29 is 4.42 Å².